The summed E-state index contributed by atoms with van der Waals surface area (Å²) in [5.74, 6) is 1.07. The molecule has 2 amide bonds. The summed E-state index contributed by atoms with van der Waals surface area (Å²) in [4.78, 5) is 23.7. The van der Waals surface area contributed by atoms with Gasteiger partial charge in [0, 0.05) is 13.0 Å². The first-order chi connectivity index (χ1) is 13.0. The highest BCUT2D eigenvalue weighted by molar-refractivity contribution is 5.79. The van der Waals surface area contributed by atoms with Crippen molar-refractivity contribution >= 4 is 11.8 Å². The van der Waals surface area contributed by atoms with Crippen molar-refractivity contribution in [2.75, 3.05) is 20.3 Å². The van der Waals surface area contributed by atoms with Crippen LogP contribution in [0.3, 0.4) is 0 Å². The van der Waals surface area contributed by atoms with Crippen molar-refractivity contribution in [2.45, 2.75) is 26.3 Å². The van der Waals surface area contributed by atoms with Crippen molar-refractivity contribution in [1.29, 1.82) is 0 Å². The van der Waals surface area contributed by atoms with Gasteiger partial charge in [0.15, 0.2) is 0 Å². The van der Waals surface area contributed by atoms with E-state index in [4.69, 9.17) is 9.47 Å². The fourth-order valence-electron chi connectivity index (χ4n) is 2.60. The Morgan fingerprint density at radius 1 is 1.07 bits per heavy atom. The zero-order valence-electron chi connectivity index (χ0n) is 16.0. The number of methoxy groups -OCH3 is 1. The average molecular weight is 370 g/mol. The first-order valence-corrected chi connectivity index (χ1v) is 8.85. The largest absolute Gasteiger partial charge is 0.497 e. The predicted octanol–water partition coefficient (Wildman–Crippen LogP) is 2.77. The molecule has 0 aromatic heterocycles. The van der Waals surface area contributed by atoms with E-state index >= 15 is 0 Å². The van der Waals surface area contributed by atoms with Gasteiger partial charge >= 0.3 is 0 Å². The van der Waals surface area contributed by atoms with Crippen LogP contribution in [0.1, 0.15) is 30.5 Å². The minimum atomic E-state index is -0.359. The fraction of sp³-hybridized carbons (Fsp3) is 0.333. The number of rotatable bonds is 9. The van der Waals surface area contributed by atoms with Crippen LogP contribution in [0.2, 0.25) is 0 Å². The summed E-state index contributed by atoms with van der Waals surface area (Å²) < 4.78 is 10.7. The number of hydrogen-bond donors (Lipinski definition) is 2. The Balaban J connectivity index is 1.82. The van der Waals surface area contributed by atoms with Crippen molar-refractivity contribution in [3.63, 3.8) is 0 Å². The van der Waals surface area contributed by atoms with E-state index < -0.39 is 0 Å². The lowest BCUT2D eigenvalue weighted by Crippen LogP contribution is -2.34. The molecule has 0 radical (unpaired) electrons. The van der Waals surface area contributed by atoms with Crippen molar-refractivity contribution in [3.8, 4) is 11.5 Å². The molecule has 144 valence electrons. The van der Waals surface area contributed by atoms with Crippen LogP contribution in [0.5, 0.6) is 11.5 Å². The maximum absolute atomic E-state index is 12.2. The lowest BCUT2D eigenvalue weighted by Gasteiger charge is -2.18. The van der Waals surface area contributed by atoms with Crippen LogP contribution < -0.4 is 20.1 Å². The lowest BCUT2D eigenvalue weighted by atomic mass is 10.0. The Hall–Kier alpha value is -3.02. The summed E-state index contributed by atoms with van der Waals surface area (Å²) in [6, 6.07) is 14.7. The van der Waals surface area contributed by atoms with Crippen LogP contribution in [0.4, 0.5) is 0 Å². The smallest absolute Gasteiger partial charge is 0.222 e. The minimum Gasteiger partial charge on any atom is -0.497 e. The van der Waals surface area contributed by atoms with Crippen LogP contribution >= 0.6 is 0 Å². The second-order valence-electron chi connectivity index (χ2n) is 6.25. The molecule has 6 nitrogen and oxygen atoms in total. The van der Waals surface area contributed by atoms with Gasteiger partial charge in [0.05, 0.1) is 26.1 Å². The Bertz CT molecular complexity index is 759. The number of ether oxygens (including phenoxy) is 2. The Morgan fingerprint density at radius 2 is 1.78 bits per heavy atom. The molecular formula is C21H26N2O4. The molecule has 1 unspecified atom stereocenters. The molecule has 2 rings (SSSR count). The van der Waals surface area contributed by atoms with Crippen molar-refractivity contribution in [2.24, 2.45) is 0 Å². The van der Waals surface area contributed by atoms with Gasteiger partial charge in [-0.25, -0.2) is 0 Å². The van der Waals surface area contributed by atoms with Crippen LogP contribution in [-0.2, 0) is 9.59 Å². The van der Waals surface area contributed by atoms with Gasteiger partial charge in [-0.2, -0.15) is 0 Å². The topological polar surface area (TPSA) is 76.7 Å². The molecule has 0 aliphatic heterocycles. The predicted molar refractivity (Wildman–Crippen MR) is 104 cm³/mol. The highest BCUT2D eigenvalue weighted by Crippen LogP contribution is 2.19. The van der Waals surface area contributed by atoms with E-state index in [1.807, 2.05) is 49.4 Å². The Kier molecular flexibility index (Phi) is 7.67. The normalized spacial score (nSPS) is 11.4. The molecule has 0 spiro atoms. The van der Waals surface area contributed by atoms with Gasteiger partial charge in [-0.15, -0.1) is 0 Å². The Labute approximate surface area is 159 Å². The monoisotopic (exact) mass is 370 g/mol. The number of nitrogens with one attached hydrogen (secondary N) is 2. The van der Waals surface area contributed by atoms with Crippen molar-refractivity contribution < 1.29 is 19.1 Å². The second kappa shape index (κ2) is 10.2. The number of amides is 2. The molecule has 1 atom stereocenters. The van der Waals surface area contributed by atoms with Crippen molar-refractivity contribution in [1.82, 2.24) is 10.6 Å². The molecule has 2 N–H and O–H groups in total. The van der Waals surface area contributed by atoms with E-state index in [0.29, 0.717) is 24.7 Å². The summed E-state index contributed by atoms with van der Waals surface area (Å²) in [7, 11) is 1.60. The maximum Gasteiger partial charge on any atom is 0.222 e. The van der Waals surface area contributed by atoms with E-state index in [0.717, 1.165) is 11.1 Å². The molecule has 0 saturated heterocycles. The van der Waals surface area contributed by atoms with Crippen molar-refractivity contribution in [3.05, 3.63) is 59.7 Å². The van der Waals surface area contributed by atoms with E-state index in [1.54, 1.807) is 13.2 Å². The first kappa shape index (κ1) is 20.3. The molecule has 27 heavy (non-hydrogen) atoms. The summed E-state index contributed by atoms with van der Waals surface area (Å²) in [6.45, 7) is 4.15. The molecule has 0 aliphatic rings. The quantitative estimate of drug-likeness (QED) is 0.666. The molecule has 2 aromatic carbocycles. The number of benzene rings is 2. The van der Waals surface area contributed by atoms with Crippen LogP contribution in [0.15, 0.2) is 48.5 Å². The van der Waals surface area contributed by atoms with Gasteiger partial charge in [0.1, 0.15) is 18.1 Å². The third-order valence-corrected chi connectivity index (χ3v) is 3.98. The maximum atomic E-state index is 12.2. The summed E-state index contributed by atoms with van der Waals surface area (Å²) in [6.07, 6.45) is 0.168. The number of hydrogen-bond acceptors (Lipinski definition) is 4. The Morgan fingerprint density at radius 3 is 2.44 bits per heavy atom. The van der Waals surface area contributed by atoms with E-state index in [9.17, 15) is 9.59 Å². The molecule has 0 bridgehead atoms. The third kappa shape index (κ3) is 7.01. The zero-order chi connectivity index (χ0) is 19.6. The first-order valence-electron chi connectivity index (χ1n) is 8.85. The van der Waals surface area contributed by atoms with Gasteiger partial charge in [-0.3, -0.25) is 9.59 Å². The van der Waals surface area contributed by atoms with Crippen LogP contribution in [-0.4, -0.2) is 32.1 Å². The van der Waals surface area contributed by atoms with Gasteiger partial charge in [-0.05, 0) is 24.6 Å². The van der Waals surface area contributed by atoms with Crippen LogP contribution in [0, 0.1) is 6.92 Å². The fourth-order valence-corrected chi connectivity index (χ4v) is 2.60. The number of aryl methyl sites for hydroxylation is 1. The zero-order valence-corrected chi connectivity index (χ0v) is 16.0. The standard InChI is InChI=1S/C21H26N2O4/c1-15-7-9-17(10-8-15)20(23-16(2)24)14-21(25)22-11-12-27-19-6-4-5-18(13-19)26-3/h4-10,13,20H,11-12,14H2,1-3H3,(H,22,25)(H,23,24). The summed E-state index contributed by atoms with van der Waals surface area (Å²) in [5.41, 5.74) is 2.03. The molecule has 0 saturated carbocycles. The third-order valence-electron chi connectivity index (χ3n) is 3.98. The minimum absolute atomic E-state index is 0.149. The lowest BCUT2D eigenvalue weighted by molar-refractivity contribution is -0.122. The van der Waals surface area contributed by atoms with Gasteiger partial charge < -0.3 is 20.1 Å². The van der Waals surface area contributed by atoms with E-state index in [1.165, 1.54) is 6.92 Å². The summed E-state index contributed by atoms with van der Waals surface area (Å²) >= 11 is 0. The number of carbonyl (C=O) groups is 2. The molecular weight excluding hydrogens is 344 g/mol. The van der Waals surface area contributed by atoms with Gasteiger partial charge in [0.2, 0.25) is 11.8 Å². The van der Waals surface area contributed by atoms with Gasteiger partial charge in [0.25, 0.3) is 0 Å². The molecule has 6 heteroatoms. The highest BCUT2D eigenvalue weighted by atomic mass is 16.5. The average Bonchev–Trinajstić information content (AvgIpc) is 2.65. The van der Waals surface area contributed by atoms with Crippen LogP contribution in [0.25, 0.3) is 0 Å². The molecule has 2 aromatic rings. The van der Waals surface area contributed by atoms with E-state index in [-0.39, 0.29) is 24.3 Å². The van der Waals surface area contributed by atoms with E-state index in [2.05, 4.69) is 10.6 Å². The summed E-state index contributed by atoms with van der Waals surface area (Å²) in [5, 5.41) is 5.65. The van der Waals surface area contributed by atoms with Gasteiger partial charge in [-0.1, -0.05) is 35.9 Å². The number of carbonyl (C=O) groups excluding carboxylic acids is 2. The highest BCUT2D eigenvalue weighted by Gasteiger charge is 2.16. The SMILES string of the molecule is COc1cccc(OCCNC(=O)CC(NC(C)=O)c2ccc(C)cc2)c1. The molecule has 0 fully saturated rings. The second-order valence-corrected chi connectivity index (χ2v) is 6.25. The molecule has 0 aliphatic carbocycles. The molecule has 0 heterocycles.